The quantitative estimate of drug-likeness (QED) is 0.825. The van der Waals surface area contributed by atoms with E-state index in [1.54, 1.807) is 23.5 Å². The van der Waals surface area contributed by atoms with Gasteiger partial charge < -0.3 is 5.11 Å². The lowest BCUT2D eigenvalue weighted by atomic mass is 9.92. The first-order chi connectivity index (χ1) is 11.0. The Morgan fingerprint density at radius 1 is 1.43 bits per heavy atom. The average Bonchev–Trinajstić information content (AvgIpc) is 2.96. The molecule has 1 atom stereocenters. The second-order valence-electron chi connectivity index (χ2n) is 6.16. The van der Waals surface area contributed by atoms with Crippen LogP contribution >= 0.6 is 22.9 Å². The molecule has 0 aliphatic carbocycles. The van der Waals surface area contributed by atoms with E-state index in [0.717, 1.165) is 48.5 Å². The number of benzene rings is 1. The summed E-state index contributed by atoms with van der Waals surface area (Å²) in [5.41, 5.74) is 2.15. The Morgan fingerprint density at radius 3 is 2.96 bits per heavy atom. The molecule has 2 heterocycles. The number of ketones is 1. The van der Waals surface area contributed by atoms with Crippen molar-refractivity contribution in [3.05, 3.63) is 50.7 Å². The molecule has 0 unspecified atom stereocenters. The molecule has 1 aliphatic heterocycles. The smallest absolute Gasteiger partial charge is 0.177 e. The summed E-state index contributed by atoms with van der Waals surface area (Å²) in [6, 6.07) is 7.32. The molecule has 3 rings (SSSR count). The molecule has 1 N–H and O–H groups in total. The van der Waals surface area contributed by atoms with Gasteiger partial charge in [0.05, 0.1) is 9.90 Å². The van der Waals surface area contributed by atoms with E-state index in [2.05, 4.69) is 4.90 Å². The zero-order valence-corrected chi connectivity index (χ0v) is 14.7. The predicted octanol–water partition coefficient (Wildman–Crippen LogP) is 4.51. The predicted molar refractivity (Wildman–Crippen MR) is 94.5 cm³/mol. The Hall–Kier alpha value is -1.36. The van der Waals surface area contributed by atoms with Gasteiger partial charge in [0.25, 0.3) is 0 Å². The zero-order valence-electron chi connectivity index (χ0n) is 13.1. The first-order valence-electron chi connectivity index (χ1n) is 7.82. The number of phenols is 1. The highest BCUT2D eigenvalue weighted by molar-refractivity contribution is 7.12. The van der Waals surface area contributed by atoms with Crippen molar-refractivity contribution in [1.29, 1.82) is 0 Å². The van der Waals surface area contributed by atoms with E-state index in [0.29, 0.717) is 5.02 Å². The lowest BCUT2D eigenvalue weighted by Crippen LogP contribution is -2.38. The van der Waals surface area contributed by atoms with Crippen molar-refractivity contribution in [2.45, 2.75) is 26.3 Å². The van der Waals surface area contributed by atoms with Gasteiger partial charge in [0, 0.05) is 19.0 Å². The van der Waals surface area contributed by atoms with Crippen molar-refractivity contribution in [2.24, 2.45) is 5.92 Å². The first kappa shape index (κ1) is 16.5. The van der Waals surface area contributed by atoms with Crippen LogP contribution in [0, 0.1) is 12.8 Å². The van der Waals surface area contributed by atoms with E-state index in [1.165, 1.54) is 0 Å². The molecule has 0 bridgehead atoms. The number of aryl methyl sites for hydroxylation is 1. The minimum absolute atomic E-state index is 0.0775. The number of nitrogens with zero attached hydrogens (tertiary/aromatic N) is 1. The van der Waals surface area contributed by atoms with Crippen LogP contribution in [-0.2, 0) is 6.54 Å². The molecule has 1 aromatic carbocycles. The molecule has 0 saturated carbocycles. The molecule has 0 amide bonds. The van der Waals surface area contributed by atoms with Gasteiger partial charge in [-0.2, -0.15) is 0 Å². The van der Waals surface area contributed by atoms with Crippen LogP contribution in [0.5, 0.6) is 5.75 Å². The fraction of sp³-hybridized carbons (Fsp3) is 0.389. The third-order valence-corrected chi connectivity index (χ3v) is 5.71. The number of thiophene rings is 1. The Labute approximate surface area is 145 Å². The molecule has 1 saturated heterocycles. The van der Waals surface area contributed by atoms with Gasteiger partial charge in [0.2, 0.25) is 0 Å². The molecule has 2 aromatic rings. The maximum absolute atomic E-state index is 12.7. The number of piperidine rings is 1. The number of hydrogen-bond donors (Lipinski definition) is 1. The van der Waals surface area contributed by atoms with Gasteiger partial charge in [-0.15, -0.1) is 11.3 Å². The maximum atomic E-state index is 12.7. The summed E-state index contributed by atoms with van der Waals surface area (Å²) < 4.78 is 0. The fourth-order valence-electron chi connectivity index (χ4n) is 3.13. The van der Waals surface area contributed by atoms with Gasteiger partial charge in [-0.25, -0.2) is 0 Å². The lowest BCUT2D eigenvalue weighted by molar-refractivity contribution is 0.0815. The van der Waals surface area contributed by atoms with E-state index in [-0.39, 0.29) is 17.5 Å². The maximum Gasteiger partial charge on any atom is 0.177 e. The van der Waals surface area contributed by atoms with Crippen LogP contribution in [0.25, 0.3) is 0 Å². The van der Waals surface area contributed by atoms with Gasteiger partial charge in [-0.3, -0.25) is 9.69 Å². The summed E-state index contributed by atoms with van der Waals surface area (Å²) in [7, 11) is 0. The summed E-state index contributed by atoms with van der Waals surface area (Å²) in [5.74, 6) is 0.468. The molecule has 5 heteroatoms. The van der Waals surface area contributed by atoms with Crippen LogP contribution in [0.4, 0.5) is 0 Å². The summed E-state index contributed by atoms with van der Waals surface area (Å²) in [6.45, 7) is 4.54. The summed E-state index contributed by atoms with van der Waals surface area (Å²) in [4.78, 5) is 15.9. The number of Topliss-reactive ketones (excluding diaryl/α,β-unsaturated/α-hetero) is 1. The standard InChI is InChI=1S/C18H20ClNO2S/c1-12-6-8-23-18(12)17(22)14-3-2-7-20(11-14)10-13-4-5-16(21)15(19)9-13/h4-6,8-9,14,21H,2-3,7,10-11H2,1H3/t14-/m1/s1. The Balaban J connectivity index is 1.67. The van der Waals surface area contributed by atoms with Crippen molar-refractivity contribution in [2.75, 3.05) is 13.1 Å². The van der Waals surface area contributed by atoms with E-state index in [4.69, 9.17) is 11.6 Å². The second kappa shape index (κ2) is 7.04. The van der Waals surface area contributed by atoms with Gasteiger partial charge in [-0.1, -0.05) is 17.7 Å². The Morgan fingerprint density at radius 2 is 2.26 bits per heavy atom. The van der Waals surface area contributed by atoms with Crippen molar-refractivity contribution < 1.29 is 9.90 Å². The molecular formula is C18H20ClNO2S. The molecular weight excluding hydrogens is 330 g/mol. The van der Waals surface area contributed by atoms with Crippen molar-refractivity contribution >= 4 is 28.7 Å². The first-order valence-corrected chi connectivity index (χ1v) is 9.08. The van der Waals surface area contributed by atoms with Crippen LogP contribution in [0.2, 0.25) is 5.02 Å². The number of aromatic hydroxyl groups is 1. The number of carbonyl (C=O) groups excluding carboxylic acids is 1. The van der Waals surface area contributed by atoms with E-state index >= 15 is 0 Å². The van der Waals surface area contributed by atoms with Crippen molar-refractivity contribution in [1.82, 2.24) is 4.90 Å². The van der Waals surface area contributed by atoms with Gasteiger partial charge in [-0.05, 0) is 61.0 Å². The largest absolute Gasteiger partial charge is 0.506 e. The molecule has 0 radical (unpaired) electrons. The van der Waals surface area contributed by atoms with Crippen LogP contribution in [-0.4, -0.2) is 28.9 Å². The number of rotatable bonds is 4. The normalized spacial score (nSPS) is 19.0. The van der Waals surface area contributed by atoms with Gasteiger partial charge in [0.1, 0.15) is 5.75 Å². The molecule has 122 valence electrons. The lowest BCUT2D eigenvalue weighted by Gasteiger charge is -2.32. The molecule has 1 aliphatic rings. The Kier molecular flexibility index (Phi) is 5.05. The minimum Gasteiger partial charge on any atom is -0.506 e. The van der Waals surface area contributed by atoms with E-state index in [9.17, 15) is 9.90 Å². The molecule has 1 fully saturated rings. The van der Waals surface area contributed by atoms with Crippen molar-refractivity contribution in [3.63, 3.8) is 0 Å². The molecule has 3 nitrogen and oxygen atoms in total. The summed E-state index contributed by atoms with van der Waals surface area (Å²) in [5, 5.41) is 11.9. The highest BCUT2D eigenvalue weighted by Crippen LogP contribution is 2.28. The summed E-state index contributed by atoms with van der Waals surface area (Å²) >= 11 is 7.52. The van der Waals surface area contributed by atoms with Crippen LogP contribution in [0.3, 0.4) is 0 Å². The van der Waals surface area contributed by atoms with E-state index in [1.807, 2.05) is 24.4 Å². The van der Waals surface area contributed by atoms with Crippen LogP contribution < -0.4 is 0 Å². The van der Waals surface area contributed by atoms with Crippen LogP contribution in [0.15, 0.2) is 29.6 Å². The zero-order chi connectivity index (χ0) is 16.4. The number of phenolic OH excluding ortho intramolecular Hbond substituents is 1. The van der Waals surface area contributed by atoms with E-state index < -0.39 is 0 Å². The second-order valence-corrected chi connectivity index (χ2v) is 7.48. The number of likely N-dealkylation sites (tertiary alicyclic amines) is 1. The monoisotopic (exact) mass is 349 g/mol. The number of hydrogen-bond acceptors (Lipinski definition) is 4. The minimum atomic E-state index is 0.0775. The molecule has 0 spiro atoms. The van der Waals surface area contributed by atoms with Crippen molar-refractivity contribution in [3.8, 4) is 5.75 Å². The van der Waals surface area contributed by atoms with Crippen LogP contribution in [0.1, 0.15) is 33.6 Å². The summed E-state index contributed by atoms with van der Waals surface area (Å²) in [6.07, 6.45) is 2.00. The highest BCUT2D eigenvalue weighted by Gasteiger charge is 2.28. The van der Waals surface area contributed by atoms with Gasteiger partial charge in [0.15, 0.2) is 5.78 Å². The Bertz CT molecular complexity index is 713. The third kappa shape index (κ3) is 3.77. The SMILES string of the molecule is Cc1ccsc1C(=O)[C@@H]1CCCN(Cc2ccc(O)c(Cl)c2)C1. The third-order valence-electron chi connectivity index (χ3n) is 4.38. The molecule has 1 aromatic heterocycles. The average molecular weight is 350 g/mol. The number of halogens is 1. The van der Waals surface area contributed by atoms with Gasteiger partial charge >= 0.3 is 0 Å². The topological polar surface area (TPSA) is 40.5 Å². The molecule has 23 heavy (non-hydrogen) atoms. The fourth-order valence-corrected chi connectivity index (χ4v) is 4.28. The number of carbonyl (C=O) groups is 1. The highest BCUT2D eigenvalue weighted by atomic mass is 35.5.